The zero-order valence-corrected chi connectivity index (χ0v) is 17.1. The summed E-state index contributed by atoms with van der Waals surface area (Å²) in [5.74, 6) is 3.42. The fraction of sp³-hybridized carbons (Fsp3) is 0.200. The molecule has 0 aliphatic heterocycles. The molecule has 4 rings (SSSR count). The third-order valence-electron chi connectivity index (χ3n) is 5.31. The van der Waals surface area contributed by atoms with Gasteiger partial charge in [0, 0.05) is 17.2 Å². The first-order valence-corrected chi connectivity index (χ1v) is 9.45. The summed E-state index contributed by atoms with van der Waals surface area (Å²) < 4.78 is 22.3. The van der Waals surface area contributed by atoms with Gasteiger partial charge in [-0.3, -0.25) is 0 Å². The van der Waals surface area contributed by atoms with Crippen molar-refractivity contribution < 1.29 is 18.9 Å². The number of hydrogen-bond acceptors (Lipinski definition) is 4. The molecule has 0 aromatic heterocycles. The smallest absolute Gasteiger partial charge is 0.130 e. The van der Waals surface area contributed by atoms with Crippen molar-refractivity contribution in [3.8, 4) is 23.0 Å². The fourth-order valence-electron chi connectivity index (χ4n) is 3.87. The van der Waals surface area contributed by atoms with Crippen LogP contribution >= 0.6 is 0 Å². The molecule has 0 unspecified atom stereocenters. The summed E-state index contributed by atoms with van der Waals surface area (Å²) >= 11 is 0. The average Bonchev–Trinajstić information content (AvgIpc) is 2.77. The van der Waals surface area contributed by atoms with E-state index in [9.17, 15) is 0 Å². The lowest BCUT2D eigenvalue weighted by molar-refractivity contribution is 0.409. The molecule has 0 spiro atoms. The van der Waals surface area contributed by atoms with Gasteiger partial charge in [-0.2, -0.15) is 0 Å². The highest BCUT2D eigenvalue weighted by atomic mass is 16.5. The second kappa shape index (κ2) is 7.92. The van der Waals surface area contributed by atoms with E-state index in [2.05, 4.69) is 24.3 Å². The Morgan fingerprint density at radius 1 is 0.517 bits per heavy atom. The van der Waals surface area contributed by atoms with Crippen molar-refractivity contribution >= 4 is 21.5 Å². The van der Waals surface area contributed by atoms with E-state index in [0.29, 0.717) is 6.42 Å². The van der Waals surface area contributed by atoms with Gasteiger partial charge in [-0.25, -0.2) is 0 Å². The standard InChI is InChI=1S/C25H24O4/c1-26-20-9-11-22-16(14-20)5-7-18(24(22)28-3)13-19-8-6-17-15-21(27-2)10-12-23(17)25(19)29-4/h5-12,14-15H,13H2,1-4H3. The van der Waals surface area contributed by atoms with E-state index < -0.39 is 0 Å². The van der Waals surface area contributed by atoms with Crippen LogP contribution in [0, 0.1) is 0 Å². The van der Waals surface area contributed by atoms with Gasteiger partial charge in [0.05, 0.1) is 28.4 Å². The predicted octanol–water partition coefficient (Wildman–Crippen LogP) is 5.62. The first kappa shape index (κ1) is 18.9. The Morgan fingerprint density at radius 3 is 1.34 bits per heavy atom. The average molecular weight is 388 g/mol. The Morgan fingerprint density at radius 2 is 0.966 bits per heavy atom. The van der Waals surface area contributed by atoms with E-state index >= 15 is 0 Å². The maximum atomic E-state index is 5.80. The lowest BCUT2D eigenvalue weighted by Gasteiger charge is -2.16. The molecular weight excluding hydrogens is 364 g/mol. The van der Waals surface area contributed by atoms with Crippen molar-refractivity contribution in [2.75, 3.05) is 28.4 Å². The Balaban J connectivity index is 1.80. The number of rotatable bonds is 6. The molecule has 0 heterocycles. The molecule has 0 bridgehead atoms. The largest absolute Gasteiger partial charge is 0.497 e. The Hall–Kier alpha value is -3.40. The second-order valence-corrected chi connectivity index (χ2v) is 6.87. The Bertz CT molecular complexity index is 1090. The molecule has 4 heteroatoms. The van der Waals surface area contributed by atoms with Gasteiger partial charge in [-0.05, 0) is 58.3 Å². The Labute approximate surface area is 170 Å². The van der Waals surface area contributed by atoms with Gasteiger partial charge in [0.1, 0.15) is 23.0 Å². The van der Waals surface area contributed by atoms with E-state index in [1.165, 1.54) is 0 Å². The van der Waals surface area contributed by atoms with Crippen LogP contribution in [0.25, 0.3) is 21.5 Å². The van der Waals surface area contributed by atoms with Crippen molar-refractivity contribution in [3.05, 3.63) is 71.8 Å². The molecule has 0 N–H and O–H groups in total. The van der Waals surface area contributed by atoms with Crippen LogP contribution < -0.4 is 18.9 Å². The number of ether oxygens (including phenoxy) is 4. The molecule has 0 saturated heterocycles. The molecule has 0 aliphatic rings. The molecule has 29 heavy (non-hydrogen) atoms. The van der Waals surface area contributed by atoms with Crippen LogP contribution in [0.4, 0.5) is 0 Å². The van der Waals surface area contributed by atoms with E-state index in [1.54, 1.807) is 28.4 Å². The molecule has 4 nitrogen and oxygen atoms in total. The summed E-state index contributed by atoms with van der Waals surface area (Å²) in [5, 5.41) is 4.30. The monoisotopic (exact) mass is 388 g/mol. The van der Waals surface area contributed by atoms with E-state index in [1.807, 2.05) is 36.4 Å². The van der Waals surface area contributed by atoms with Gasteiger partial charge in [0.25, 0.3) is 0 Å². The van der Waals surface area contributed by atoms with Crippen LogP contribution in [0.1, 0.15) is 11.1 Å². The number of fused-ring (bicyclic) bond motifs is 2. The molecule has 0 amide bonds. The minimum Gasteiger partial charge on any atom is -0.497 e. The minimum atomic E-state index is 0.705. The maximum Gasteiger partial charge on any atom is 0.130 e. The fourth-order valence-corrected chi connectivity index (χ4v) is 3.87. The second-order valence-electron chi connectivity index (χ2n) is 6.87. The highest BCUT2D eigenvalue weighted by Crippen LogP contribution is 2.37. The number of hydrogen-bond donors (Lipinski definition) is 0. The molecule has 0 fully saturated rings. The SMILES string of the molecule is COc1ccc2c(OC)c(Cc3ccc4cc(OC)ccc4c3OC)ccc2c1. The highest BCUT2D eigenvalue weighted by Gasteiger charge is 2.14. The van der Waals surface area contributed by atoms with Gasteiger partial charge in [-0.15, -0.1) is 0 Å². The van der Waals surface area contributed by atoms with E-state index in [-0.39, 0.29) is 0 Å². The summed E-state index contributed by atoms with van der Waals surface area (Å²) in [6.45, 7) is 0. The third kappa shape index (κ3) is 3.42. The molecule has 0 saturated carbocycles. The van der Waals surface area contributed by atoms with Crippen LogP contribution in [0.2, 0.25) is 0 Å². The van der Waals surface area contributed by atoms with Crippen LogP contribution in [0.15, 0.2) is 60.7 Å². The van der Waals surface area contributed by atoms with Gasteiger partial charge < -0.3 is 18.9 Å². The summed E-state index contributed by atoms with van der Waals surface area (Å²) in [7, 11) is 6.78. The summed E-state index contributed by atoms with van der Waals surface area (Å²) in [6.07, 6.45) is 0.705. The van der Waals surface area contributed by atoms with Gasteiger partial charge in [0.15, 0.2) is 0 Å². The molecule has 0 atom stereocenters. The minimum absolute atomic E-state index is 0.705. The van der Waals surface area contributed by atoms with E-state index in [4.69, 9.17) is 18.9 Å². The first-order valence-electron chi connectivity index (χ1n) is 9.45. The molecule has 0 aliphatic carbocycles. The van der Waals surface area contributed by atoms with Crippen LogP contribution in [0.5, 0.6) is 23.0 Å². The van der Waals surface area contributed by atoms with Crippen LogP contribution in [-0.2, 0) is 6.42 Å². The molecule has 0 radical (unpaired) electrons. The molecule has 4 aromatic rings. The van der Waals surface area contributed by atoms with Crippen molar-refractivity contribution in [1.82, 2.24) is 0 Å². The van der Waals surface area contributed by atoms with Crippen molar-refractivity contribution in [3.63, 3.8) is 0 Å². The highest BCUT2D eigenvalue weighted by molar-refractivity contribution is 5.92. The third-order valence-corrected chi connectivity index (χ3v) is 5.31. The zero-order chi connectivity index (χ0) is 20.4. The molecule has 4 aromatic carbocycles. The first-order chi connectivity index (χ1) is 14.2. The number of benzene rings is 4. The van der Waals surface area contributed by atoms with Gasteiger partial charge in [0.2, 0.25) is 0 Å². The van der Waals surface area contributed by atoms with Crippen molar-refractivity contribution in [2.24, 2.45) is 0 Å². The molecule has 148 valence electrons. The molecular formula is C25H24O4. The van der Waals surface area contributed by atoms with Gasteiger partial charge >= 0.3 is 0 Å². The summed E-state index contributed by atoms with van der Waals surface area (Å²) in [6, 6.07) is 20.5. The topological polar surface area (TPSA) is 36.9 Å². The normalized spacial score (nSPS) is 10.9. The van der Waals surface area contributed by atoms with Crippen LogP contribution in [-0.4, -0.2) is 28.4 Å². The van der Waals surface area contributed by atoms with Crippen LogP contribution in [0.3, 0.4) is 0 Å². The predicted molar refractivity (Wildman–Crippen MR) is 117 cm³/mol. The lowest BCUT2D eigenvalue weighted by atomic mass is 9.96. The maximum absolute atomic E-state index is 5.80. The van der Waals surface area contributed by atoms with E-state index in [0.717, 1.165) is 55.7 Å². The summed E-state index contributed by atoms with van der Waals surface area (Å²) in [4.78, 5) is 0. The van der Waals surface area contributed by atoms with Gasteiger partial charge in [-0.1, -0.05) is 24.3 Å². The zero-order valence-electron chi connectivity index (χ0n) is 17.1. The lowest BCUT2D eigenvalue weighted by Crippen LogP contribution is -1.98. The number of methoxy groups -OCH3 is 4. The Kier molecular flexibility index (Phi) is 5.17. The van der Waals surface area contributed by atoms with Crippen molar-refractivity contribution in [1.29, 1.82) is 0 Å². The summed E-state index contributed by atoms with van der Waals surface area (Å²) in [5.41, 5.74) is 2.22. The van der Waals surface area contributed by atoms with Crippen molar-refractivity contribution in [2.45, 2.75) is 6.42 Å². The quantitative estimate of drug-likeness (QED) is 0.430.